The summed E-state index contributed by atoms with van der Waals surface area (Å²) in [4.78, 5) is 4.34. The van der Waals surface area contributed by atoms with Gasteiger partial charge in [0.2, 0.25) is 0 Å². The zero-order valence-corrected chi connectivity index (χ0v) is 18.4. The van der Waals surface area contributed by atoms with Crippen LogP contribution in [0, 0.1) is 6.92 Å². The molecule has 1 aromatic heterocycles. The Morgan fingerprint density at radius 2 is 1.89 bits per heavy atom. The second-order valence-electron chi connectivity index (χ2n) is 6.18. The number of rotatable bonds is 8. The monoisotopic (exact) mass is 509 g/mol. The van der Waals surface area contributed by atoms with Crippen LogP contribution in [0.5, 0.6) is 0 Å². The Kier molecular flexibility index (Phi) is 10.3. The molecule has 0 saturated heterocycles. The Balaban J connectivity index is 0.00000392. The van der Waals surface area contributed by atoms with Gasteiger partial charge in [-0.3, -0.25) is 4.99 Å². The van der Waals surface area contributed by atoms with Gasteiger partial charge in [0.25, 0.3) is 0 Å². The van der Waals surface area contributed by atoms with Crippen LogP contribution < -0.4 is 10.6 Å². The van der Waals surface area contributed by atoms with Gasteiger partial charge in [-0.2, -0.15) is 18.3 Å². The molecule has 0 aliphatic rings. The normalized spacial score (nSPS) is 11.8. The van der Waals surface area contributed by atoms with Crippen molar-refractivity contribution in [1.29, 1.82) is 0 Å². The van der Waals surface area contributed by atoms with Gasteiger partial charge in [0, 0.05) is 25.8 Å². The molecule has 0 amide bonds. The van der Waals surface area contributed by atoms with E-state index in [1.165, 1.54) is 0 Å². The lowest BCUT2D eigenvalue weighted by Crippen LogP contribution is -2.39. The molecule has 0 aliphatic carbocycles. The number of para-hydroxylation sites is 1. The highest BCUT2D eigenvalue weighted by Gasteiger charge is 2.26. The topological polar surface area (TPSA) is 54.2 Å². The molecule has 0 radical (unpaired) electrons. The maximum Gasteiger partial charge on any atom is 0.390 e. The fraction of sp³-hybridized carbons (Fsp3) is 0.474. The molecule has 2 N–H and O–H groups in total. The van der Waals surface area contributed by atoms with Crippen molar-refractivity contribution in [1.82, 2.24) is 20.4 Å². The van der Waals surface area contributed by atoms with Gasteiger partial charge < -0.3 is 10.6 Å². The third kappa shape index (κ3) is 8.49. The molecule has 0 bridgehead atoms. The molecule has 0 aliphatic heterocycles. The Morgan fingerprint density at radius 1 is 1.18 bits per heavy atom. The molecular weight excluding hydrogens is 482 g/mol. The fourth-order valence-corrected chi connectivity index (χ4v) is 2.58. The summed E-state index contributed by atoms with van der Waals surface area (Å²) in [6, 6.07) is 9.89. The van der Waals surface area contributed by atoms with Crippen LogP contribution in [0.3, 0.4) is 0 Å². The lowest BCUT2D eigenvalue weighted by Gasteiger charge is -2.12. The summed E-state index contributed by atoms with van der Waals surface area (Å²) < 4.78 is 38.6. The molecule has 1 heterocycles. The first-order chi connectivity index (χ1) is 12.9. The van der Waals surface area contributed by atoms with Crippen LogP contribution in [0.2, 0.25) is 0 Å². The number of hydrogen-bond acceptors (Lipinski definition) is 2. The highest BCUT2D eigenvalue weighted by Crippen LogP contribution is 2.18. The zero-order chi connectivity index (χ0) is 19.7. The van der Waals surface area contributed by atoms with Gasteiger partial charge in [0.05, 0.1) is 17.8 Å². The number of aromatic nitrogens is 2. The third-order valence-electron chi connectivity index (χ3n) is 3.94. The summed E-state index contributed by atoms with van der Waals surface area (Å²) in [6.07, 6.45) is -1.43. The number of nitrogens with zero attached hydrogens (tertiary/aromatic N) is 3. The molecule has 0 spiro atoms. The van der Waals surface area contributed by atoms with Crippen LogP contribution in [-0.2, 0) is 6.42 Å². The summed E-state index contributed by atoms with van der Waals surface area (Å²) in [5, 5.41) is 10.2. The molecule has 1 aromatic carbocycles. The fourth-order valence-electron chi connectivity index (χ4n) is 2.58. The number of aliphatic imine (C=N–C) groups is 1. The van der Waals surface area contributed by atoms with E-state index in [1.807, 2.05) is 55.1 Å². The second kappa shape index (κ2) is 11.9. The van der Waals surface area contributed by atoms with Crippen LogP contribution in [0.25, 0.3) is 5.69 Å². The maximum absolute atomic E-state index is 12.2. The van der Waals surface area contributed by atoms with Crippen molar-refractivity contribution in [2.75, 3.05) is 19.6 Å². The number of hydrogen-bond donors (Lipinski definition) is 2. The Morgan fingerprint density at radius 3 is 2.54 bits per heavy atom. The van der Waals surface area contributed by atoms with E-state index in [4.69, 9.17) is 0 Å². The molecular formula is C19H27F3IN5. The van der Waals surface area contributed by atoms with Gasteiger partial charge in [-0.25, -0.2) is 4.68 Å². The highest BCUT2D eigenvalue weighted by atomic mass is 127. The molecule has 156 valence electrons. The van der Waals surface area contributed by atoms with E-state index in [1.54, 1.807) is 0 Å². The molecule has 28 heavy (non-hydrogen) atoms. The summed E-state index contributed by atoms with van der Waals surface area (Å²) in [5.41, 5.74) is 3.12. The minimum absolute atomic E-state index is 0. The second-order valence-corrected chi connectivity index (χ2v) is 6.18. The first-order valence-electron chi connectivity index (χ1n) is 9.08. The number of halogens is 4. The third-order valence-corrected chi connectivity index (χ3v) is 3.94. The first-order valence-corrected chi connectivity index (χ1v) is 9.08. The number of aryl methyl sites for hydroxylation is 2. The van der Waals surface area contributed by atoms with Gasteiger partial charge in [-0.1, -0.05) is 18.2 Å². The summed E-state index contributed by atoms with van der Waals surface area (Å²) >= 11 is 0. The zero-order valence-electron chi connectivity index (χ0n) is 16.1. The van der Waals surface area contributed by atoms with E-state index < -0.39 is 12.6 Å². The van der Waals surface area contributed by atoms with Gasteiger partial charge in [-0.05, 0) is 44.4 Å². The van der Waals surface area contributed by atoms with Crippen LogP contribution in [-0.4, -0.2) is 41.6 Å². The minimum Gasteiger partial charge on any atom is -0.357 e. The summed E-state index contributed by atoms with van der Waals surface area (Å²) in [7, 11) is 0. The van der Waals surface area contributed by atoms with E-state index in [-0.39, 0.29) is 30.5 Å². The van der Waals surface area contributed by atoms with Gasteiger partial charge >= 0.3 is 6.18 Å². The molecule has 5 nitrogen and oxygen atoms in total. The van der Waals surface area contributed by atoms with Crippen molar-refractivity contribution in [2.24, 2.45) is 4.99 Å². The largest absolute Gasteiger partial charge is 0.390 e. The van der Waals surface area contributed by atoms with E-state index in [0.29, 0.717) is 19.0 Å². The predicted octanol–water partition coefficient (Wildman–Crippen LogP) is 4.24. The van der Waals surface area contributed by atoms with Crippen LogP contribution >= 0.6 is 24.0 Å². The number of nitrogens with one attached hydrogen (secondary N) is 2. The molecule has 2 aromatic rings. The maximum atomic E-state index is 12.2. The molecule has 0 fully saturated rings. The van der Waals surface area contributed by atoms with E-state index in [2.05, 4.69) is 20.7 Å². The van der Waals surface area contributed by atoms with Crippen molar-refractivity contribution in [3.8, 4) is 5.69 Å². The quantitative estimate of drug-likeness (QED) is 0.242. The van der Waals surface area contributed by atoms with Crippen LogP contribution in [0.1, 0.15) is 31.0 Å². The molecule has 0 atom stereocenters. The Bertz CT molecular complexity index is 729. The molecule has 2 rings (SSSR count). The number of benzene rings is 1. The first kappa shape index (κ1) is 24.3. The molecule has 9 heteroatoms. The Hall–Kier alpha value is -1.78. The number of alkyl halides is 3. The van der Waals surface area contributed by atoms with E-state index >= 15 is 0 Å². The van der Waals surface area contributed by atoms with Crippen molar-refractivity contribution >= 4 is 29.9 Å². The Labute approximate surface area is 180 Å². The smallest absolute Gasteiger partial charge is 0.357 e. The SMILES string of the molecule is CCNC(=NCCCc1cn(-c2ccccc2)nc1C)NCCC(F)(F)F.I. The van der Waals surface area contributed by atoms with Crippen molar-refractivity contribution in [3.05, 3.63) is 47.8 Å². The standard InChI is InChI=1S/C19H26F3N5.HI/c1-3-23-18(25-13-11-19(20,21)22)24-12-7-8-16-14-27(26-15(16)2)17-9-5-4-6-10-17;/h4-6,9-10,14H,3,7-8,11-13H2,1-2H3,(H2,23,24,25);1H. The minimum atomic E-state index is -4.17. The van der Waals surface area contributed by atoms with Crippen molar-refractivity contribution in [2.45, 2.75) is 39.3 Å². The van der Waals surface area contributed by atoms with E-state index in [9.17, 15) is 13.2 Å². The van der Waals surface area contributed by atoms with Gasteiger partial charge in [0.15, 0.2) is 5.96 Å². The predicted molar refractivity (Wildman–Crippen MR) is 117 cm³/mol. The van der Waals surface area contributed by atoms with Gasteiger partial charge in [-0.15, -0.1) is 24.0 Å². The number of guanidine groups is 1. The van der Waals surface area contributed by atoms with Crippen LogP contribution in [0.15, 0.2) is 41.5 Å². The van der Waals surface area contributed by atoms with Crippen molar-refractivity contribution < 1.29 is 13.2 Å². The van der Waals surface area contributed by atoms with Gasteiger partial charge in [0.1, 0.15) is 0 Å². The molecule has 0 unspecified atom stereocenters. The van der Waals surface area contributed by atoms with E-state index in [0.717, 1.165) is 29.8 Å². The lowest BCUT2D eigenvalue weighted by molar-refractivity contribution is -0.132. The molecule has 0 saturated carbocycles. The summed E-state index contributed by atoms with van der Waals surface area (Å²) in [6.45, 7) is 4.79. The average molecular weight is 509 g/mol. The van der Waals surface area contributed by atoms with Crippen molar-refractivity contribution in [3.63, 3.8) is 0 Å². The van der Waals surface area contributed by atoms with Crippen LogP contribution in [0.4, 0.5) is 13.2 Å². The lowest BCUT2D eigenvalue weighted by atomic mass is 10.1. The summed E-state index contributed by atoms with van der Waals surface area (Å²) in [5.74, 6) is 0.415. The highest BCUT2D eigenvalue weighted by molar-refractivity contribution is 14.0. The average Bonchev–Trinajstić information content (AvgIpc) is 2.99.